The van der Waals surface area contributed by atoms with Gasteiger partial charge < -0.3 is 15.4 Å². The molecule has 1 rings (SSSR count). The maximum absolute atomic E-state index is 13.5. The first-order chi connectivity index (χ1) is 7.29. The lowest BCUT2D eigenvalue weighted by molar-refractivity contribution is 0.0218. The van der Waals surface area contributed by atoms with Crippen molar-refractivity contribution in [2.24, 2.45) is 5.73 Å². The largest absolute Gasteiger partial charge is 0.444 e. The minimum Gasteiger partial charge on any atom is -0.444 e. The van der Waals surface area contributed by atoms with Gasteiger partial charge in [0, 0.05) is 12.6 Å². The lowest BCUT2D eigenvalue weighted by Crippen LogP contribution is -2.42. The third-order valence-electron chi connectivity index (χ3n) is 2.48. The molecule has 1 aliphatic heterocycles. The van der Waals surface area contributed by atoms with Crippen LogP contribution in [0.4, 0.5) is 9.18 Å². The second kappa shape index (κ2) is 4.99. The molecule has 2 N–H and O–H groups in total. The van der Waals surface area contributed by atoms with Crippen LogP contribution in [-0.2, 0) is 4.74 Å². The van der Waals surface area contributed by atoms with Crippen LogP contribution in [0, 0.1) is 0 Å². The second-order valence-electron chi connectivity index (χ2n) is 5.25. The monoisotopic (exact) mass is 232 g/mol. The van der Waals surface area contributed by atoms with E-state index in [9.17, 15) is 9.18 Å². The predicted octanol–water partition coefficient (Wildman–Crippen LogP) is 1.68. The summed E-state index contributed by atoms with van der Waals surface area (Å²) in [7, 11) is 0. The number of nitrogens with two attached hydrogens (primary N) is 1. The summed E-state index contributed by atoms with van der Waals surface area (Å²) in [5.74, 6) is 0. The molecule has 0 aromatic carbocycles. The van der Waals surface area contributed by atoms with Crippen LogP contribution in [0.3, 0.4) is 0 Å². The fraction of sp³-hybridized carbons (Fsp3) is 0.909. The number of carbonyl (C=O) groups is 1. The van der Waals surface area contributed by atoms with Crippen molar-refractivity contribution in [3.63, 3.8) is 0 Å². The summed E-state index contributed by atoms with van der Waals surface area (Å²) >= 11 is 0. The van der Waals surface area contributed by atoms with E-state index in [0.29, 0.717) is 13.0 Å². The van der Waals surface area contributed by atoms with Gasteiger partial charge >= 0.3 is 6.09 Å². The van der Waals surface area contributed by atoms with E-state index in [1.54, 1.807) is 20.8 Å². The predicted molar refractivity (Wildman–Crippen MR) is 59.9 cm³/mol. The van der Waals surface area contributed by atoms with Crippen LogP contribution in [0.1, 0.15) is 33.6 Å². The Labute approximate surface area is 95.9 Å². The third-order valence-corrected chi connectivity index (χ3v) is 2.48. The zero-order valence-corrected chi connectivity index (χ0v) is 10.2. The Morgan fingerprint density at radius 1 is 1.50 bits per heavy atom. The minimum atomic E-state index is -1.16. The van der Waals surface area contributed by atoms with Crippen LogP contribution in [0.15, 0.2) is 0 Å². The van der Waals surface area contributed by atoms with Crippen molar-refractivity contribution in [3.8, 4) is 0 Å². The van der Waals surface area contributed by atoms with E-state index in [-0.39, 0.29) is 6.54 Å². The van der Waals surface area contributed by atoms with Crippen molar-refractivity contribution >= 4 is 6.09 Å². The summed E-state index contributed by atoms with van der Waals surface area (Å²) in [6.07, 6.45) is -0.277. The highest BCUT2D eigenvalue weighted by atomic mass is 19.1. The molecule has 4 nitrogen and oxygen atoms in total. The van der Waals surface area contributed by atoms with Gasteiger partial charge in [-0.2, -0.15) is 0 Å². The van der Waals surface area contributed by atoms with Crippen LogP contribution in [0.5, 0.6) is 0 Å². The highest BCUT2D eigenvalue weighted by molar-refractivity contribution is 5.68. The summed E-state index contributed by atoms with van der Waals surface area (Å²) in [6, 6.07) is -0.465. The summed E-state index contributed by atoms with van der Waals surface area (Å²) < 4.78 is 18.7. The number of alkyl halides is 1. The Morgan fingerprint density at radius 2 is 2.12 bits per heavy atom. The SMILES string of the molecule is CC(C)(C)OC(=O)N1CCC[C@H](N)[C@H](F)C1. The number of rotatable bonds is 0. The van der Waals surface area contributed by atoms with Crippen LogP contribution >= 0.6 is 0 Å². The van der Waals surface area contributed by atoms with Gasteiger partial charge in [0.2, 0.25) is 0 Å². The highest BCUT2D eigenvalue weighted by Gasteiger charge is 2.29. The number of carbonyl (C=O) groups excluding carboxylic acids is 1. The molecule has 0 spiro atoms. The van der Waals surface area contributed by atoms with Crippen LogP contribution in [-0.4, -0.2) is 41.9 Å². The molecule has 16 heavy (non-hydrogen) atoms. The van der Waals surface area contributed by atoms with Gasteiger partial charge in [0.1, 0.15) is 11.8 Å². The van der Waals surface area contributed by atoms with Crippen LogP contribution in [0.25, 0.3) is 0 Å². The molecule has 1 fully saturated rings. The van der Waals surface area contributed by atoms with Gasteiger partial charge in [0.05, 0.1) is 6.54 Å². The summed E-state index contributed by atoms with van der Waals surface area (Å²) in [5, 5.41) is 0. The molecule has 0 aliphatic carbocycles. The van der Waals surface area contributed by atoms with E-state index in [1.165, 1.54) is 4.90 Å². The van der Waals surface area contributed by atoms with Gasteiger partial charge in [-0.05, 0) is 33.6 Å². The minimum absolute atomic E-state index is 0.0378. The van der Waals surface area contributed by atoms with Gasteiger partial charge in [0.15, 0.2) is 0 Å². The van der Waals surface area contributed by atoms with Crippen molar-refractivity contribution in [1.29, 1.82) is 0 Å². The van der Waals surface area contributed by atoms with E-state index >= 15 is 0 Å². The number of amides is 1. The fourth-order valence-corrected chi connectivity index (χ4v) is 1.63. The number of hydrogen-bond acceptors (Lipinski definition) is 3. The lowest BCUT2D eigenvalue weighted by Gasteiger charge is -2.27. The molecule has 1 saturated heterocycles. The van der Waals surface area contributed by atoms with Gasteiger partial charge in [-0.15, -0.1) is 0 Å². The van der Waals surface area contributed by atoms with E-state index in [2.05, 4.69) is 0 Å². The van der Waals surface area contributed by atoms with Crippen molar-refractivity contribution in [1.82, 2.24) is 4.90 Å². The molecule has 94 valence electrons. The molecule has 5 heteroatoms. The van der Waals surface area contributed by atoms with E-state index in [4.69, 9.17) is 10.5 Å². The van der Waals surface area contributed by atoms with Gasteiger partial charge in [-0.25, -0.2) is 9.18 Å². The Kier molecular flexibility index (Phi) is 4.13. The molecule has 0 bridgehead atoms. The number of hydrogen-bond donors (Lipinski definition) is 1. The van der Waals surface area contributed by atoms with E-state index in [1.807, 2.05) is 0 Å². The summed E-state index contributed by atoms with van der Waals surface area (Å²) in [5.41, 5.74) is 5.07. The molecule has 2 atom stereocenters. The molecule has 0 aromatic heterocycles. The maximum Gasteiger partial charge on any atom is 0.410 e. The number of likely N-dealkylation sites (tertiary alicyclic amines) is 1. The van der Waals surface area contributed by atoms with Gasteiger partial charge in [-0.1, -0.05) is 0 Å². The fourth-order valence-electron chi connectivity index (χ4n) is 1.63. The Hall–Kier alpha value is -0.840. The molecular weight excluding hydrogens is 211 g/mol. The van der Waals surface area contributed by atoms with E-state index < -0.39 is 23.9 Å². The smallest absolute Gasteiger partial charge is 0.410 e. The lowest BCUT2D eigenvalue weighted by atomic mass is 10.1. The normalized spacial score (nSPS) is 27.4. The number of ether oxygens (including phenoxy) is 1. The zero-order chi connectivity index (χ0) is 12.3. The molecule has 0 aromatic rings. The van der Waals surface area contributed by atoms with Crippen LogP contribution in [0.2, 0.25) is 0 Å². The van der Waals surface area contributed by atoms with E-state index in [0.717, 1.165) is 6.42 Å². The highest BCUT2D eigenvalue weighted by Crippen LogP contribution is 2.16. The maximum atomic E-state index is 13.5. The van der Waals surface area contributed by atoms with Crippen molar-refractivity contribution < 1.29 is 13.9 Å². The van der Waals surface area contributed by atoms with Gasteiger partial charge in [0.25, 0.3) is 0 Å². The topological polar surface area (TPSA) is 55.6 Å². The molecule has 1 heterocycles. The zero-order valence-electron chi connectivity index (χ0n) is 10.2. The van der Waals surface area contributed by atoms with Crippen molar-refractivity contribution in [2.75, 3.05) is 13.1 Å². The second-order valence-corrected chi connectivity index (χ2v) is 5.25. The first kappa shape index (κ1) is 13.2. The summed E-state index contributed by atoms with van der Waals surface area (Å²) in [6.45, 7) is 5.93. The first-order valence-corrected chi connectivity index (χ1v) is 5.67. The first-order valence-electron chi connectivity index (χ1n) is 5.67. The van der Waals surface area contributed by atoms with Gasteiger partial charge in [-0.3, -0.25) is 0 Å². The van der Waals surface area contributed by atoms with Crippen LogP contribution < -0.4 is 5.73 Å². The molecule has 0 saturated carbocycles. The Balaban J connectivity index is 2.56. The molecule has 0 radical (unpaired) electrons. The number of halogens is 1. The Morgan fingerprint density at radius 3 is 2.69 bits per heavy atom. The standard InChI is InChI=1S/C11H21FN2O2/c1-11(2,3)16-10(15)14-6-4-5-9(13)8(12)7-14/h8-9H,4-7,13H2,1-3H3/t8-,9+/m1/s1. The van der Waals surface area contributed by atoms with Crippen molar-refractivity contribution in [3.05, 3.63) is 0 Å². The van der Waals surface area contributed by atoms with Crippen molar-refractivity contribution in [2.45, 2.75) is 51.4 Å². The molecule has 1 aliphatic rings. The average Bonchev–Trinajstić information content (AvgIpc) is 2.27. The Bertz CT molecular complexity index is 253. The third kappa shape index (κ3) is 3.96. The summed E-state index contributed by atoms with van der Waals surface area (Å²) in [4.78, 5) is 13.1. The quantitative estimate of drug-likeness (QED) is 0.691. The molecule has 0 unspecified atom stereocenters. The molecule has 1 amide bonds. The average molecular weight is 232 g/mol. The number of nitrogens with zero attached hydrogens (tertiary/aromatic N) is 1. The molecular formula is C11H21FN2O2.